The summed E-state index contributed by atoms with van der Waals surface area (Å²) in [7, 11) is -2.38. The first kappa shape index (κ1) is 23.1. The molecule has 0 radical (unpaired) electrons. The SMILES string of the molecule is CCCCOc1ccccc1NC(=O)c1ccc(S(=O)(=O)Nc2ccccc2OC)cc1. The van der Waals surface area contributed by atoms with E-state index in [4.69, 9.17) is 9.47 Å². The highest BCUT2D eigenvalue weighted by atomic mass is 32.2. The van der Waals surface area contributed by atoms with Gasteiger partial charge in [0.25, 0.3) is 15.9 Å². The first-order chi connectivity index (χ1) is 15.4. The molecule has 0 fully saturated rings. The van der Waals surface area contributed by atoms with Gasteiger partial charge in [0.2, 0.25) is 0 Å². The number of hydrogen-bond donors (Lipinski definition) is 2. The Morgan fingerprint density at radius 3 is 2.16 bits per heavy atom. The Morgan fingerprint density at radius 1 is 0.875 bits per heavy atom. The van der Waals surface area contributed by atoms with Crippen LogP contribution in [-0.2, 0) is 10.0 Å². The number of hydrogen-bond acceptors (Lipinski definition) is 5. The van der Waals surface area contributed by atoms with Gasteiger partial charge in [-0.2, -0.15) is 0 Å². The zero-order chi connectivity index (χ0) is 23.0. The van der Waals surface area contributed by atoms with Gasteiger partial charge in [0.1, 0.15) is 11.5 Å². The van der Waals surface area contributed by atoms with Crippen LogP contribution in [0.15, 0.2) is 77.7 Å². The van der Waals surface area contributed by atoms with Gasteiger partial charge in [0.05, 0.1) is 30.0 Å². The van der Waals surface area contributed by atoms with Crippen LogP contribution in [0.4, 0.5) is 11.4 Å². The van der Waals surface area contributed by atoms with E-state index in [1.165, 1.54) is 31.4 Å². The Kier molecular flexibility index (Phi) is 7.72. The number of nitrogens with one attached hydrogen (secondary N) is 2. The summed E-state index contributed by atoms with van der Waals surface area (Å²) in [6.07, 6.45) is 1.93. The fraction of sp³-hybridized carbons (Fsp3) is 0.208. The highest BCUT2D eigenvalue weighted by molar-refractivity contribution is 7.92. The maximum Gasteiger partial charge on any atom is 0.262 e. The lowest BCUT2D eigenvalue weighted by molar-refractivity contribution is 0.102. The molecule has 0 aliphatic heterocycles. The summed E-state index contributed by atoms with van der Waals surface area (Å²) in [4.78, 5) is 12.7. The van der Waals surface area contributed by atoms with Gasteiger partial charge in [0.15, 0.2) is 0 Å². The molecule has 0 aliphatic carbocycles. The second-order valence-electron chi connectivity index (χ2n) is 6.98. The summed E-state index contributed by atoms with van der Waals surface area (Å²) < 4.78 is 38.9. The molecular weight excluding hydrogens is 428 g/mol. The highest BCUT2D eigenvalue weighted by Crippen LogP contribution is 2.27. The molecule has 168 valence electrons. The molecule has 0 saturated heterocycles. The summed E-state index contributed by atoms with van der Waals surface area (Å²) in [5.74, 6) is 0.638. The molecule has 3 aromatic carbocycles. The minimum absolute atomic E-state index is 0.0308. The second kappa shape index (κ2) is 10.7. The molecule has 1 amide bonds. The molecule has 0 saturated carbocycles. The van der Waals surface area contributed by atoms with E-state index in [0.29, 0.717) is 35.0 Å². The van der Waals surface area contributed by atoms with Crippen LogP contribution < -0.4 is 19.5 Å². The van der Waals surface area contributed by atoms with E-state index in [0.717, 1.165) is 12.8 Å². The molecule has 0 bridgehead atoms. The van der Waals surface area contributed by atoms with Gasteiger partial charge in [-0.1, -0.05) is 37.6 Å². The zero-order valence-corrected chi connectivity index (χ0v) is 18.8. The average Bonchev–Trinajstić information content (AvgIpc) is 2.80. The molecule has 8 heteroatoms. The summed E-state index contributed by atoms with van der Waals surface area (Å²) in [5.41, 5.74) is 1.21. The van der Waals surface area contributed by atoms with Crippen molar-refractivity contribution in [1.29, 1.82) is 0 Å². The van der Waals surface area contributed by atoms with Crippen LogP contribution >= 0.6 is 0 Å². The van der Waals surface area contributed by atoms with E-state index in [2.05, 4.69) is 17.0 Å². The van der Waals surface area contributed by atoms with Crippen LogP contribution in [0.25, 0.3) is 0 Å². The van der Waals surface area contributed by atoms with Crippen molar-refractivity contribution in [3.05, 3.63) is 78.4 Å². The van der Waals surface area contributed by atoms with Gasteiger partial charge >= 0.3 is 0 Å². The van der Waals surface area contributed by atoms with E-state index in [1.54, 1.807) is 36.4 Å². The normalized spacial score (nSPS) is 10.9. The lowest BCUT2D eigenvalue weighted by Crippen LogP contribution is -2.15. The van der Waals surface area contributed by atoms with Gasteiger partial charge in [-0.25, -0.2) is 8.42 Å². The molecule has 0 aliphatic rings. The lowest BCUT2D eigenvalue weighted by Gasteiger charge is -2.13. The summed E-state index contributed by atoms with van der Waals surface area (Å²) >= 11 is 0. The third-order valence-electron chi connectivity index (χ3n) is 4.67. The maximum atomic E-state index is 12.7. The fourth-order valence-corrected chi connectivity index (χ4v) is 4.01. The van der Waals surface area contributed by atoms with Crippen LogP contribution in [0.1, 0.15) is 30.1 Å². The molecular formula is C24H26N2O5S. The lowest BCUT2D eigenvalue weighted by atomic mass is 10.2. The number of ether oxygens (including phenoxy) is 2. The minimum Gasteiger partial charge on any atom is -0.495 e. The number of methoxy groups -OCH3 is 1. The molecule has 2 N–H and O–H groups in total. The first-order valence-electron chi connectivity index (χ1n) is 10.2. The van der Waals surface area contributed by atoms with Crippen molar-refractivity contribution in [3.63, 3.8) is 0 Å². The molecule has 0 unspecified atom stereocenters. The fourth-order valence-electron chi connectivity index (χ4n) is 2.93. The number of benzene rings is 3. The van der Waals surface area contributed by atoms with E-state index in [1.807, 2.05) is 12.1 Å². The third kappa shape index (κ3) is 5.79. The van der Waals surface area contributed by atoms with Crippen molar-refractivity contribution in [1.82, 2.24) is 0 Å². The number of sulfonamides is 1. The highest BCUT2D eigenvalue weighted by Gasteiger charge is 2.17. The molecule has 32 heavy (non-hydrogen) atoms. The van der Waals surface area contributed by atoms with Crippen LogP contribution in [0, 0.1) is 0 Å². The van der Waals surface area contributed by atoms with Crippen LogP contribution in [0.2, 0.25) is 0 Å². The van der Waals surface area contributed by atoms with Crippen LogP contribution in [0.5, 0.6) is 11.5 Å². The van der Waals surface area contributed by atoms with Crippen molar-refractivity contribution in [3.8, 4) is 11.5 Å². The molecule has 0 heterocycles. The molecule has 7 nitrogen and oxygen atoms in total. The van der Waals surface area contributed by atoms with Crippen molar-refractivity contribution in [2.75, 3.05) is 23.8 Å². The molecule has 0 atom stereocenters. The van der Waals surface area contributed by atoms with Crippen molar-refractivity contribution >= 4 is 27.3 Å². The third-order valence-corrected chi connectivity index (χ3v) is 6.05. The van der Waals surface area contributed by atoms with Gasteiger partial charge in [-0.3, -0.25) is 9.52 Å². The largest absolute Gasteiger partial charge is 0.495 e. The summed E-state index contributed by atoms with van der Waals surface area (Å²) in [5, 5.41) is 2.82. The van der Waals surface area contributed by atoms with Gasteiger partial charge < -0.3 is 14.8 Å². The van der Waals surface area contributed by atoms with Crippen LogP contribution in [0.3, 0.4) is 0 Å². The Balaban J connectivity index is 1.72. The standard InChI is InChI=1S/C24H26N2O5S/c1-3-4-17-31-23-12-8-5-9-20(23)25-24(27)18-13-15-19(16-14-18)32(28,29)26-21-10-6-7-11-22(21)30-2/h5-16,26H,3-4,17H2,1-2H3,(H,25,27). The summed E-state index contributed by atoms with van der Waals surface area (Å²) in [6, 6.07) is 19.6. The van der Waals surface area contributed by atoms with Gasteiger partial charge in [-0.15, -0.1) is 0 Å². The zero-order valence-electron chi connectivity index (χ0n) is 18.0. The smallest absolute Gasteiger partial charge is 0.262 e. The predicted molar refractivity (Wildman–Crippen MR) is 125 cm³/mol. The Labute approximate surface area is 188 Å². The van der Waals surface area contributed by atoms with E-state index in [-0.39, 0.29) is 10.8 Å². The number of para-hydroxylation sites is 4. The van der Waals surface area contributed by atoms with Gasteiger partial charge in [-0.05, 0) is 55.0 Å². The quantitative estimate of drug-likeness (QED) is 0.424. The average molecular weight is 455 g/mol. The molecule has 3 aromatic rings. The number of carbonyl (C=O) groups is 1. The number of carbonyl (C=O) groups excluding carboxylic acids is 1. The van der Waals surface area contributed by atoms with Crippen molar-refractivity contribution in [2.45, 2.75) is 24.7 Å². The molecule has 0 spiro atoms. The van der Waals surface area contributed by atoms with E-state index >= 15 is 0 Å². The Bertz CT molecular complexity index is 1160. The topological polar surface area (TPSA) is 93.7 Å². The van der Waals surface area contributed by atoms with Crippen molar-refractivity contribution < 1.29 is 22.7 Å². The summed E-state index contributed by atoms with van der Waals surface area (Å²) in [6.45, 7) is 2.64. The first-order valence-corrected chi connectivity index (χ1v) is 11.7. The Morgan fingerprint density at radius 2 is 1.50 bits per heavy atom. The minimum atomic E-state index is -3.85. The number of rotatable bonds is 10. The maximum absolute atomic E-state index is 12.7. The van der Waals surface area contributed by atoms with E-state index in [9.17, 15) is 13.2 Å². The Hall–Kier alpha value is -3.52. The van der Waals surface area contributed by atoms with Crippen LogP contribution in [-0.4, -0.2) is 28.0 Å². The second-order valence-corrected chi connectivity index (χ2v) is 8.66. The molecule has 3 rings (SSSR count). The van der Waals surface area contributed by atoms with Crippen molar-refractivity contribution in [2.24, 2.45) is 0 Å². The molecule has 0 aromatic heterocycles. The number of unbranched alkanes of at least 4 members (excludes halogenated alkanes) is 1. The number of amides is 1. The van der Waals surface area contributed by atoms with E-state index < -0.39 is 10.0 Å². The number of anilines is 2. The predicted octanol–water partition coefficient (Wildman–Crippen LogP) is 4.93. The van der Waals surface area contributed by atoms with Gasteiger partial charge in [0, 0.05) is 5.56 Å². The monoisotopic (exact) mass is 454 g/mol.